The van der Waals surface area contributed by atoms with E-state index in [1.54, 1.807) is 7.11 Å². The third-order valence-corrected chi connectivity index (χ3v) is 2.31. The van der Waals surface area contributed by atoms with Crippen molar-refractivity contribution in [2.45, 2.75) is 13.5 Å². The van der Waals surface area contributed by atoms with Crippen LogP contribution < -0.4 is 14.2 Å². The predicted molar refractivity (Wildman–Crippen MR) is 56.8 cm³/mol. The number of hydrogen-bond donors (Lipinski definition) is 1. The van der Waals surface area contributed by atoms with Crippen LogP contribution in [0.4, 0.5) is 0 Å². The fraction of sp³-hybridized carbons (Fsp3) is 0.455. The van der Waals surface area contributed by atoms with Crippen LogP contribution in [0.25, 0.3) is 0 Å². The molecule has 0 aromatic heterocycles. The van der Waals surface area contributed by atoms with Gasteiger partial charge in [-0.15, -0.1) is 0 Å². The summed E-state index contributed by atoms with van der Waals surface area (Å²) in [5.41, 5.74) is 1.63. The van der Waals surface area contributed by atoms with Gasteiger partial charge in [0.1, 0.15) is 0 Å². The summed E-state index contributed by atoms with van der Waals surface area (Å²) in [6.07, 6.45) is 0. The van der Waals surface area contributed by atoms with Crippen molar-refractivity contribution in [2.75, 3.05) is 21.3 Å². The van der Waals surface area contributed by atoms with E-state index in [9.17, 15) is 5.11 Å². The first kappa shape index (κ1) is 11.7. The lowest BCUT2D eigenvalue weighted by molar-refractivity contribution is 0.266. The molecule has 0 aliphatic carbocycles. The maximum atomic E-state index is 9.24. The zero-order valence-electron chi connectivity index (χ0n) is 9.46. The zero-order chi connectivity index (χ0) is 11.4. The Morgan fingerprint density at radius 3 is 2.07 bits per heavy atom. The number of rotatable bonds is 4. The molecule has 1 N–H and O–H groups in total. The van der Waals surface area contributed by atoms with Gasteiger partial charge in [-0.3, -0.25) is 0 Å². The Bertz CT molecular complexity index is 347. The van der Waals surface area contributed by atoms with Crippen molar-refractivity contribution in [3.05, 3.63) is 17.2 Å². The smallest absolute Gasteiger partial charge is 0.203 e. The molecular weight excluding hydrogens is 196 g/mol. The van der Waals surface area contributed by atoms with Crippen LogP contribution in [0.5, 0.6) is 17.2 Å². The van der Waals surface area contributed by atoms with E-state index in [4.69, 9.17) is 14.2 Å². The summed E-state index contributed by atoms with van der Waals surface area (Å²) in [7, 11) is 4.64. The molecule has 0 bridgehead atoms. The molecule has 4 heteroatoms. The van der Waals surface area contributed by atoms with E-state index in [0.717, 1.165) is 11.1 Å². The van der Waals surface area contributed by atoms with Crippen LogP contribution in [-0.2, 0) is 6.61 Å². The fourth-order valence-corrected chi connectivity index (χ4v) is 1.53. The van der Waals surface area contributed by atoms with Crippen molar-refractivity contribution < 1.29 is 19.3 Å². The zero-order valence-corrected chi connectivity index (χ0v) is 9.46. The Morgan fingerprint density at radius 2 is 1.67 bits per heavy atom. The number of benzene rings is 1. The van der Waals surface area contributed by atoms with Gasteiger partial charge in [0, 0.05) is 5.56 Å². The van der Waals surface area contributed by atoms with Gasteiger partial charge in [-0.05, 0) is 18.6 Å². The summed E-state index contributed by atoms with van der Waals surface area (Å²) in [4.78, 5) is 0. The molecule has 0 aliphatic heterocycles. The lowest BCUT2D eigenvalue weighted by atomic mass is 10.1. The maximum Gasteiger partial charge on any atom is 0.203 e. The highest BCUT2D eigenvalue weighted by molar-refractivity contribution is 5.58. The number of methoxy groups -OCH3 is 3. The van der Waals surface area contributed by atoms with Crippen LogP contribution in [-0.4, -0.2) is 26.4 Å². The summed E-state index contributed by atoms with van der Waals surface area (Å²) in [6, 6.07) is 1.81. The monoisotopic (exact) mass is 212 g/mol. The Hall–Kier alpha value is -1.42. The van der Waals surface area contributed by atoms with E-state index in [1.807, 2.05) is 13.0 Å². The molecule has 1 aromatic carbocycles. The first-order valence-electron chi connectivity index (χ1n) is 4.58. The summed E-state index contributed by atoms with van der Waals surface area (Å²) in [5.74, 6) is 1.63. The van der Waals surface area contributed by atoms with Crippen molar-refractivity contribution in [1.82, 2.24) is 0 Å². The molecule has 0 spiro atoms. The fourth-order valence-electron chi connectivity index (χ4n) is 1.53. The average molecular weight is 212 g/mol. The largest absolute Gasteiger partial charge is 0.493 e. The number of aliphatic hydroxyl groups is 1. The number of hydrogen-bond acceptors (Lipinski definition) is 4. The van der Waals surface area contributed by atoms with Gasteiger partial charge in [-0.1, -0.05) is 0 Å². The van der Waals surface area contributed by atoms with Crippen molar-refractivity contribution in [3.8, 4) is 17.2 Å². The van der Waals surface area contributed by atoms with Crippen LogP contribution in [0.2, 0.25) is 0 Å². The van der Waals surface area contributed by atoms with Crippen molar-refractivity contribution in [2.24, 2.45) is 0 Å². The Balaban J connectivity index is 3.44. The lowest BCUT2D eigenvalue weighted by Gasteiger charge is -2.16. The molecular formula is C11H16O4. The third kappa shape index (κ3) is 1.99. The molecule has 0 fully saturated rings. The topological polar surface area (TPSA) is 47.9 Å². The second-order valence-electron chi connectivity index (χ2n) is 3.10. The second kappa shape index (κ2) is 4.89. The van der Waals surface area contributed by atoms with E-state index < -0.39 is 0 Å². The van der Waals surface area contributed by atoms with E-state index >= 15 is 0 Å². The van der Waals surface area contributed by atoms with Crippen LogP contribution >= 0.6 is 0 Å². The van der Waals surface area contributed by atoms with Crippen LogP contribution in [0.1, 0.15) is 11.1 Å². The highest BCUT2D eigenvalue weighted by Crippen LogP contribution is 2.41. The van der Waals surface area contributed by atoms with Crippen molar-refractivity contribution in [1.29, 1.82) is 0 Å². The highest BCUT2D eigenvalue weighted by Gasteiger charge is 2.17. The minimum Gasteiger partial charge on any atom is -0.493 e. The molecule has 0 saturated heterocycles. The van der Waals surface area contributed by atoms with Crippen LogP contribution in [0.3, 0.4) is 0 Å². The highest BCUT2D eigenvalue weighted by atomic mass is 16.5. The van der Waals surface area contributed by atoms with Crippen LogP contribution in [0, 0.1) is 6.92 Å². The van der Waals surface area contributed by atoms with Gasteiger partial charge in [0.05, 0.1) is 27.9 Å². The Labute approximate surface area is 89.4 Å². The molecule has 0 saturated carbocycles. The molecule has 0 heterocycles. The van der Waals surface area contributed by atoms with E-state index in [0.29, 0.717) is 17.2 Å². The molecule has 84 valence electrons. The van der Waals surface area contributed by atoms with Gasteiger partial charge in [0.15, 0.2) is 11.5 Å². The minimum atomic E-state index is -0.0879. The van der Waals surface area contributed by atoms with Gasteiger partial charge in [-0.2, -0.15) is 0 Å². The third-order valence-electron chi connectivity index (χ3n) is 2.31. The number of ether oxygens (including phenoxy) is 3. The Morgan fingerprint density at radius 1 is 1.07 bits per heavy atom. The summed E-state index contributed by atoms with van der Waals surface area (Å²) < 4.78 is 15.6. The quantitative estimate of drug-likeness (QED) is 0.822. The maximum absolute atomic E-state index is 9.24. The molecule has 0 radical (unpaired) electrons. The molecule has 15 heavy (non-hydrogen) atoms. The van der Waals surface area contributed by atoms with Gasteiger partial charge in [0.2, 0.25) is 5.75 Å². The van der Waals surface area contributed by atoms with Gasteiger partial charge >= 0.3 is 0 Å². The minimum absolute atomic E-state index is 0.0879. The Kier molecular flexibility index (Phi) is 3.80. The summed E-state index contributed by atoms with van der Waals surface area (Å²) in [6.45, 7) is 1.80. The second-order valence-corrected chi connectivity index (χ2v) is 3.10. The molecule has 4 nitrogen and oxygen atoms in total. The summed E-state index contributed by atoms with van der Waals surface area (Å²) in [5, 5.41) is 9.24. The van der Waals surface area contributed by atoms with E-state index in [2.05, 4.69) is 0 Å². The van der Waals surface area contributed by atoms with Gasteiger partial charge < -0.3 is 19.3 Å². The van der Waals surface area contributed by atoms with Gasteiger partial charge in [0.25, 0.3) is 0 Å². The summed E-state index contributed by atoms with van der Waals surface area (Å²) >= 11 is 0. The van der Waals surface area contributed by atoms with Crippen molar-refractivity contribution >= 4 is 0 Å². The van der Waals surface area contributed by atoms with Crippen molar-refractivity contribution in [3.63, 3.8) is 0 Å². The predicted octanol–water partition coefficient (Wildman–Crippen LogP) is 1.51. The first-order valence-corrected chi connectivity index (χ1v) is 4.58. The average Bonchev–Trinajstić information content (AvgIpc) is 2.27. The molecule has 0 unspecified atom stereocenters. The lowest BCUT2D eigenvalue weighted by Crippen LogP contribution is -2.01. The van der Waals surface area contributed by atoms with Crippen LogP contribution in [0.15, 0.2) is 6.07 Å². The van der Waals surface area contributed by atoms with E-state index in [-0.39, 0.29) is 6.61 Å². The first-order chi connectivity index (χ1) is 7.19. The number of aliphatic hydroxyl groups excluding tert-OH is 1. The number of aryl methyl sites for hydroxylation is 1. The van der Waals surface area contributed by atoms with E-state index in [1.165, 1.54) is 14.2 Å². The van der Waals surface area contributed by atoms with Gasteiger partial charge in [-0.25, -0.2) is 0 Å². The molecule has 0 atom stereocenters. The normalized spacial score (nSPS) is 9.93. The molecule has 0 amide bonds. The standard InChI is InChI=1S/C11H16O4/c1-7-5-9(13-2)11(15-4)10(14-3)8(7)6-12/h5,12H,6H2,1-4H3. The molecule has 1 rings (SSSR count). The SMILES string of the molecule is COc1cc(C)c(CO)c(OC)c1OC. The molecule has 0 aliphatic rings. The molecule has 1 aromatic rings.